The molecule has 1 saturated carbocycles. The Labute approximate surface area is 53.8 Å². The summed E-state index contributed by atoms with van der Waals surface area (Å²) in [6, 6.07) is 0. The molecule has 0 bridgehead atoms. The van der Waals surface area contributed by atoms with E-state index >= 15 is 0 Å². The van der Waals surface area contributed by atoms with Gasteiger partial charge in [-0.1, -0.05) is 11.8 Å². The Balaban J connectivity index is 2.09. The summed E-state index contributed by atoms with van der Waals surface area (Å²) in [5, 5.41) is 0.871. The van der Waals surface area contributed by atoms with Crippen molar-refractivity contribution in [3.05, 3.63) is 6.42 Å². The molecule has 0 aromatic rings. The Kier molecular flexibility index (Phi) is 1.95. The van der Waals surface area contributed by atoms with Gasteiger partial charge in [0.15, 0.2) is 5.12 Å². The van der Waals surface area contributed by atoms with Crippen LogP contribution in [0.15, 0.2) is 0 Å². The zero-order chi connectivity index (χ0) is 5.98. The Morgan fingerprint density at radius 3 is 2.50 bits per heavy atom. The molecule has 0 aromatic carbocycles. The van der Waals surface area contributed by atoms with Gasteiger partial charge >= 0.3 is 0 Å². The number of thioether (sulfide) groups is 1. The maximum Gasteiger partial charge on any atom is 0.186 e. The smallest absolute Gasteiger partial charge is 0.186 e. The third-order valence-corrected chi connectivity index (χ3v) is 2.24. The largest absolute Gasteiger partial charge is 0.288 e. The molecule has 1 aliphatic carbocycles. The van der Waals surface area contributed by atoms with Crippen LogP contribution in [0.4, 0.5) is 0 Å². The van der Waals surface area contributed by atoms with E-state index in [1.807, 2.05) is 0 Å². The van der Waals surface area contributed by atoms with E-state index in [9.17, 15) is 4.79 Å². The lowest BCUT2D eigenvalue weighted by atomic mass is 10.0. The molecule has 1 rings (SSSR count). The van der Waals surface area contributed by atoms with Gasteiger partial charge in [-0.25, -0.2) is 0 Å². The van der Waals surface area contributed by atoms with Gasteiger partial charge in [-0.3, -0.25) is 4.79 Å². The van der Waals surface area contributed by atoms with E-state index in [0.717, 1.165) is 12.8 Å². The Hall–Kier alpha value is 0.0200. The topological polar surface area (TPSA) is 17.1 Å². The minimum atomic E-state index is 0.253. The van der Waals surface area contributed by atoms with Crippen molar-refractivity contribution < 1.29 is 4.79 Å². The van der Waals surface area contributed by atoms with Gasteiger partial charge in [-0.2, -0.15) is 0 Å². The number of carbonyl (C=O) groups is 1. The van der Waals surface area contributed by atoms with Crippen LogP contribution in [0.1, 0.15) is 19.8 Å². The number of hydrogen-bond donors (Lipinski definition) is 0. The molecule has 0 aliphatic heterocycles. The second-order valence-corrected chi connectivity index (χ2v) is 3.47. The minimum Gasteiger partial charge on any atom is -0.288 e. The van der Waals surface area contributed by atoms with Crippen LogP contribution in [0.5, 0.6) is 0 Å². The van der Waals surface area contributed by atoms with Crippen molar-refractivity contribution in [2.24, 2.45) is 0 Å². The fourth-order valence-corrected chi connectivity index (χ4v) is 1.57. The van der Waals surface area contributed by atoms with E-state index in [4.69, 9.17) is 0 Å². The molecule has 0 N–H and O–H groups in total. The van der Waals surface area contributed by atoms with Gasteiger partial charge in [0.25, 0.3) is 0 Å². The summed E-state index contributed by atoms with van der Waals surface area (Å²) in [7, 11) is 0. The third-order valence-electron chi connectivity index (χ3n) is 1.19. The highest BCUT2D eigenvalue weighted by Gasteiger charge is 2.19. The zero-order valence-corrected chi connectivity index (χ0v) is 5.70. The van der Waals surface area contributed by atoms with Crippen LogP contribution in [0.25, 0.3) is 0 Å². The molecular weight excluding hydrogens is 120 g/mol. The molecular formula is C6H9OS. The predicted molar refractivity (Wildman–Crippen MR) is 35.6 cm³/mol. The SMILES string of the molecule is CC(=O)SC1C[CH]C1. The average molecular weight is 129 g/mol. The second kappa shape index (κ2) is 2.53. The average Bonchev–Trinajstić information content (AvgIpc) is 1.55. The fourth-order valence-electron chi connectivity index (χ4n) is 0.634. The van der Waals surface area contributed by atoms with Crippen molar-refractivity contribution in [2.45, 2.75) is 25.0 Å². The zero-order valence-electron chi connectivity index (χ0n) is 4.89. The van der Waals surface area contributed by atoms with Crippen LogP contribution in [0.2, 0.25) is 0 Å². The molecule has 0 heterocycles. The Morgan fingerprint density at radius 2 is 2.38 bits per heavy atom. The van der Waals surface area contributed by atoms with E-state index < -0.39 is 0 Å². The monoisotopic (exact) mass is 129 g/mol. The quantitative estimate of drug-likeness (QED) is 0.535. The molecule has 0 unspecified atom stereocenters. The summed E-state index contributed by atoms with van der Waals surface area (Å²) in [5.74, 6) is 0. The van der Waals surface area contributed by atoms with Crippen LogP contribution in [0, 0.1) is 6.42 Å². The Morgan fingerprint density at radius 1 is 1.75 bits per heavy atom. The predicted octanol–water partition coefficient (Wildman–Crippen LogP) is 1.63. The van der Waals surface area contributed by atoms with Gasteiger partial charge in [0.2, 0.25) is 0 Å². The number of carbonyl (C=O) groups excluding carboxylic acids is 1. The second-order valence-electron chi connectivity index (χ2n) is 1.99. The molecule has 45 valence electrons. The van der Waals surface area contributed by atoms with Gasteiger partial charge in [-0.15, -0.1) is 0 Å². The lowest BCUT2D eigenvalue weighted by Crippen LogP contribution is -2.15. The molecule has 0 spiro atoms. The first-order valence-electron chi connectivity index (χ1n) is 2.78. The summed E-state index contributed by atoms with van der Waals surface area (Å²) >= 11 is 1.47. The van der Waals surface area contributed by atoms with Crippen LogP contribution < -0.4 is 0 Å². The first-order chi connectivity index (χ1) is 3.79. The van der Waals surface area contributed by atoms with Gasteiger partial charge in [0, 0.05) is 12.2 Å². The first kappa shape index (κ1) is 6.14. The van der Waals surface area contributed by atoms with E-state index in [2.05, 4.69) is 6.42 Å². The number of rotatable bonds is 1. The molecule has 0 aromatic heterocycles. The van der Waals surface area contributed by atoms with E-state index in [1.165, 1.54) is 11.8 Å². The van der Waals surface area contributed by atoms with Gasteiger partial charge < -0.3 is 0 Å². The summed E-state index contributed by atoms with van der Waals surface area (Å²) in [5.41, 5.74) is 0. The molecule has 2 heteroatoms. The normalized spacial score (nSPS) is 20.1. The van der Waals surface area contributed by atoms with Crippen molar-refractivity contribution in [1.29, 1.82) is 0 Å². The number of hydrogen-bond acceptors (Lipinski definition) is 2. The van der Waals surface area contributed by atoms with Gasteiger partial charge in [0.1, 0.15) is 0 Å². The molecule has 1 fully saturated rings. The van der Waals surface area contributed by atoms with E-state index in [0.29, 0.717) is 5.25 Å². The summed E-state index contributed by atoms with van der Waals surface area (Å²) in [6.07, 6.45) is 4.47. The summed E-state index contributed by atoms with van der Waals surface area (Å²) in [4.78, 5) is 10.4. The van der Waals surface area contributed by atoms with Crippen molar-refractivity contribution in [1.82, 2.24) is 0 Å². The third kappa shape index (κ3) is 1.51. The van der Waals surface area contributed by atoms with Crippen LogP contribution in [-0.4, -0.2) is 10.4 Å². The molecule has 0 amide bonds. The highest BCUT2D eigenvalue weighted by atomic mass is 32.2. The van der Waals surface area contributed by atoms with Crippen molar-refractivity contribution in [2.75, 3.05) is 0 Å². The summed E-state index contributed by atoms with van der Waals surface area (Å²) in [6.45, 7) is 1.63. The highest BCUT2D eigenvalue weighted by Crippen LogP contribution is 2.30. The highest BCUT2D eigenvalue weighted by molar-refractivity contribution is 8.14. The van der Waals surface area contributed by atoms with E-state index in [-0.39, 0.29) is 5.12 Å². The lowest BCUT2D eigenvalue weighted by molar-refractivity contribution is -0.109. The minimum absolute atomic E-state index is 0.253. The van der Waals surface area contributed by atoms with Crippen molar-refractivity contribution in [3.8, 4) is 0 Å². The maximum atomic E-state index is 10.4. The van der Waals surface area contributed by atoms with Crippen molar-refractivity contribution in [3.63, 3.8) is 0 Å². The van der Waals surface area contributed by atoms with Crippen LogP contribution >= 0.6 is 11.8 Å². The first-order valence-corrected chi connectivity index (χ1v) is 3.66. The van der Waals surface area contributed by atoms with E-state index in [1.54, 1.807) is 6.92 Å². The molecule has 8 heavy (non-hydrogen) atoms. The van der Waals surface area contributed by atoms with Crippen molar-refractivity contribution >= 4 is 16.9 Å². The fraction of sp³-hybridized carbons (Fsp3) is 0.667. The molecule has 0 atom stereocenters. The molecule has 0 saturated heterocycles. The molecule has 1 radical (unpaired) electrons. The van der Waals surface area contributed by atoms with Gasteiger partial charge in [-0.05, 0) is 19.3 Å². The molecule has 1 nitrogen and oxygen atoms in total. The maximum absolute atomic E-state index is 10.4. The van der Waals surface area contributed by atoms with Gasteiger partial charge in [0.05, 0.1) is 0 Å². The molecule has 1 aliphatic rings. The lowest BCUT2D eigenvalue weighted by Gasteiger charge is -2.22. The Bertz CT molecular complexity index is 96.7. The van der Waals surface area contributed by atoms with Crippen LogP contribution in [0.3, 0.4) is 0 Å². The van der Waals surface area contributed by atoms with Crippen LogP contribution in [-0.2, 0) is 4.79 Å². The summed E-state index contributed by atoms with van der Waals surface area (Å²) < 4.78 is 0. The standard InChI is InChI=1S/C6H9OS/c1-5(7)8-6-3-2-4-6/h2,6H,3-4H2,1H3.